The molecule has 5 nitrogen and oxygen atoms in total. The number of alkyl halides is 3. The first-order valence-electron chi connectivity index (χ1n) is 12.1. The minimum Gasteiger partial charge on any atom is -0.492 e. The molecule has 1 saturated carbocycles. The van der Waals surface area contributed by atoms with Crippen molar-refractivity contribution in [2.75, 3.05) is 6.61 Å². The molecule has 1 aliphatic carbocycles. The molecule has 4 rings (SSSR count). The van der Waals surface area contributed by atoms with E-state index in [1.54, 1.807) is 12.1 Å². The van der Waals surface area contributed by atoms with Crippen LogP contribution in [0.2, 0.25) is 0 Å². The van der Waals surface area contributed by atoms with E-state index < -0.39 is 29.7 Å². The van der Waals surface area contributed by atoms with Crippen LogP contribution < -0.4 is 10.1 Å². The van der Waals surface area contributed by atoms with E-state index in [0.29, 0.717) is 23.8 Å². The predicted molar refractivity (Wildman–Crippen MR) is 130 cm³/mol. The third kappa shape index (κ3) is 6.17. The van der Waals surface area contributed by atoms with E-state index in [0.717, 1.165) is 48.6 Å². The van der Waals surface area contributed by atoms with Crippen LogP contribution in [0, 0.1) is 5.92 Å². The molecule has 0 spiro atoms. The summed E-state index contributed by atoms with van der Waals surface area (Å²) in [6.07, 6.45) is 1.02. The first kappa shape index (κ1) is 25.5. The molecule has 1 amide bonds. The van der Waals surface area contributed by atoms with Crippen molar-refractivity contribution >= 4 is 22.6 Å². The lowest BCUT2D eigenvalue weighted by atomic mass is 9.90. The smallest absolute Gasteiger partial charge is 0.416 e. The van der Waals surface area contributed by atoms with Crippen molar-refractivity contribution in [3.8, 4) is 5.75 Å². The summed E-state index contributed by atoms with van der Waals surface area (Å²) in [6, 6.07) is 13.8. The van der Waals surface area contributed by atoms with Gasteiger partial charge in [-0.2, -0.15) is 13.2 Å². The van der Waals surface area contributed by atoms with Crippen molar-refractivity contribution in [2.45, 2.75) is 50.7 Å². The van der Waals surface area contributed by atoms with Crippen LogP contribution in [0.5, 0.6) is 5.75 Å². The highest BCUT2D eigenvalue weighted by atomic mass is 19.4. The number of halogens is 3. The Balaban J connectivity index is 1.55. The van der Waals surface area contributed by atoms with Crippen molar-refractivity contribution in [1.82, 2.24) is 5.32 Å². The number of carboxylic acid groups (broad SMARTS) is 1. The molecular weight excluding hydrogens is 471 g/mol. The van der Waals surface area contributed by atoms with Gasteiger partial charge in [0.15, 0.2) is 0 Å². The second-order valence-electron chi connectivity index (χ2n) is 9.24. The van der Waals surface area contributed by atoms with Crippen LogP contribution in [-0.4, -0.2) is 29.6 Å². The fourth-order valence-corrected chi connectivity index (χ4v) is 4.63. The highest BCUT2D eigenvalue weighted by Gasteiger charge is 2.30. The molecule has 0 saturated heterocycles. The lowest BCUT2D eigenvalue weighted by Crippen LogP contribution is -2.42. The lowest BCUT2D eigenvalue weighted by Gasteiger charge is -2.23. The largest absolute Gasteiger partial charge is 0.492 e. The monoisotopic (exact) mass is 499 g/mol. The molecule has 0 unspecified atom stereocenters. The average molecular weight is 500 g/mol. The molecule has 0 aliphatic heterocycles. The Kier molecular flexibility index (Phi) is 7.82. The fraction of sp³-hybridized carbons (Fsp3) is 0.357. The van der Waals surface area contributed by atoms with E-state index in [2.05, 4.69) is 5.32 Å². The number of benzene rings is 3. The number of carboxylic acids is 1. The molecule has 2 N–H and O–H groups in total. The minimum atomic E-state index is -4.48. The van der Waals surface area contributed by atoms with Gasteiger partial charge in [-0.1, -0.05) is 61.7 Å². The zero-order valence-corrected chi connectivity index (χ0v) is 19.7. The third-order valence-corrected chi connectivity index (χ3v) is 6.64. The topological polar surface area (TPSA) is 75.6 Å². The van der Waals surface area contributed by atoms with Crippen LogP contribution in [0.25, 0.3) is 10.8 Å². The summed E-state index contributed by atoms with van der Waals surface area (Å²) in [7, 11) is 0. The van der Waals surface area contributed by atoms with Gasteiger partial charge in [-0.3, -0.25) is 4.79 Å². The molecule has 3 aromatic rings. The predicted octanol–water partition coefficient (Wildman–Crippen LogP) is 6.24. The van der Waals surface area contributed by atoms with Crippen LogP contribution in [0.1, 0.15) is 53.6 Å². The number of aliphatic carboxylic acids is 1. The third-order valence-electron chi connectivity index (χ3n) is 6.64. The number of nitrogens with one attached hydrogen (secondary N) is 1. The Morgan fingerprint density at radius 3 is 2.33 bits per heavy atom. The van der Waals surface area contributed by atoms with Crippen molar-refractivity contribution in [1.29, 1.82) is 0 Å². The highest BCUT2D eigenvalue weighted by molar-refractivity contribution is 6.04. The summed E-state index contributed by atoms with van der Waals surface area (Å²) < 4.78 is 44.7. The average Bonchev–Trinajstić information content (AvgIpc) is 2.87. The number of fused-ring (bicyclic) bond motifs is 1. The van der Waals surface area contributed by atoms with Crippen LogP contribution in [0.15, 0.2) is 60.7 Å². The van der Waals surface area contributed by atoms with Crippen LogP contribution in [0.4, 0.5) is 13.2 Å². The molecule has 1 fully saturated rings. The van der Waals surface area contributed by atoms with Crippen molar-refractivity contribution in [3.05, 3.63) is 77.4 Å². The Morgan fingerprint density at radius 2 is 1.67 bits per heavy atom. The molecule has 3 aromatic carbocycles. The van der Waals surface area contributed by atoms with Gasteiger partial charge in [-0.15, -0.1) is 0 Å². The van der Waals surface area contributed by atoms with Gasteiger partial charge in [0.25, 0.3) is 5.91 Å². The molecule has 0 heterocycles. The number of hydrogen-bond acceptors (Lipinski definition) is 3. The Hall–Kier alpha value is -3.55. The first-order chi connectivity index (χ1) is 17.2. The Morgan fingerprint density at radius 1 is 0.972 bits per heavy atom. The molecule has 1 aliphatic rings. The van der Waals surface area contributed by atoms with Crippen LogP contribution >= 0.6 is 0 Å². The van der Waals surface area contributed by atoms with Gasteiger partial charge in [-0.05, 0) is 47.9 Å². The standard InChI is InChI=1S/C28H28F3NO4/c29-28(30,31)21-13-10-18(11-14-21)16-24(27(34)35)32-26(33)23-15-12-20-8-4-5-9-22(20)25(23)36-17-19-6-2-1-3-7-19/h4-5,8-15,19,24H,1-3,6-7,16-17H2,(H,32,33)(H,34,35)/t24-/m0/s1. The maximum absolute atomic E-state index is 13.2. The summed E-state index contributed by atoms with van der Waals surface area (Å²) in [6.45, 7) is 0.474. The second kappa shape index (κ2) is 11.0. The molecule has 1 atom stereocenters. The summed E-state index contributed by atoms with van der Waals surface area (Å²) in [4.78, 5) is 25.1. The van der Waals surface area contributed by atoms with Crippen LogP contribution in [0.3, 0.4) is 0 Å². The Labute approximate surface area is 207 Å². The quantitative estimate of drug-likeness (QED) is 0.385. The molecular formula is C28H28F3NO4. The number of carbonyl (C=O) groups is 2. The number of ether oxygens (including phenoxy) is 1. The number of amides is 1. The van der Waals surface area contributed by atoms with E-state index in [1.807, 2.05) is 24.3 Å². The van der Waals surface area contributed by atoms with E-state index >= 15 is 0 Å². The van der Waals surface area contributed by atoms with Crippen molar-refractivity contribution < 1.29 is 32.6 Å². The summed E-state index contributed by atoms with van der Waals surface area (Å²) in [5.41, 5.74) is -0.232. The molecule has 0 radical (unpaired) electrons. The van der Waals surface area contributed by atoms with Gasteiger partial charge >= 0.3 is 12.1 Å². The van der Waals surface area contributed by atoms with E-state index in [-0.39, 0.29) is 12.0 Å². The van der Waals surface area contributed by atoms with Gasteiger partial charge in [0, 0.05) is 11.8 Å². The van der Waals surface area contributed by atoms with Gasteiger partial charge in [0.2, 0.25) is 0 Å². The number of carbonyl (C=O) groups excluding carboxylic acids is 1. The number of rotatable bonds is 8. The molecule has 8 heteroatoms. The number of hydrogen-bond donors (Lipinski definition) is 2. The van der Waals surface area contributed by atoms with Crippen molar-refractivity contribution in [2.24, 2.45) is 5.92 Å². The lowest BCUT2D eigenvalue weighted by molar-refractivity contribution is -0.139. The zero-order chi connectivity index (χ0) is 25.7. The van der Waals surface area contributed by atoms with Gasteiger partial charge in [0.05, 0.1) is 17.7 Å². The van der Waals surface area contributed by atoms with E-state index in [4.69, 9.17) is 4.74 Å². The first-order valence-corrected chi connectivity index (χ1v) is 12.1. The van der Waals surface area contributed by atoms with Crippen LogP contribution in [-0.2, 0) is 17.4 Å². The highest BCUT2D eigenvalue weighted by Crippen LogP contribution is 2.33. The van der Waals surface area contributed by atoms with E-state index in [1.165, 1.54) is 18.6 Å². The molecule has 36 heavy (non-hydrogen) atoms. The molecule has 0 aromatic heterocycles. The summed E-state index contributed by atoms with van der Waals surface area (Å²) in [5.74, 6) is -1.08. The van der Waals surface area contributed by atoms with E-state index in [9.17, 15) is 27.9 Å². The second-order valence-corrected chi connectivity index (χ2v) is 9.24. The summed E-state index contributed by atoms with van der Waals surface area (Å²) >= 11 is 0. The zero-order valence-electron chi connectivity index (χ0n) is 19.7. The maximum atomic E-state index is 13.2. The van der Waals surface area contributed by atoms with Gasteiger partial charge in [-0.25, -0.2) is 4.79 Å². The SMILES string of the molecule is O=C(N[C@@H](Cc1ccc(C(F)(F)F)cc1)C(=O)O)c1ccc2ccccc2c1OCC1CCCCC1. The van der Waals surface area contributed by atoms with Crippen molar-refractivity contribution in [3.63, 3.8) is 0 Å². The van der Waals surface area contributed by atoms with Gasteiger partial charge in [0.1, 0.15) is 11.8 Å². The molecule has 0 bridgehead atoms. The Bertz CT molecular complexity index is 1220. The maximum Gasteiger partial charge on any atom is 0.416 e. The summed E-state index contributed by atoms with van der Waals surface area (Å²) in [5, 5.41) is 13.9. The molecule has 190 valence electrons. The fourth-order valence-electron chi connectivity index (χ4n) is 4.63. The minimum absolute atomic E-state index is 0.162. The van der Waals surface area contributed by atoms with Gasteiger partial charge < -0.3 is 15.2 Å². The normalized spacial score (nSPS) is 15.4.